The lowest BCUT2D eigenvalue weighted by atomic mass is 10.5. The minimum absolute atomic E-state index is 0.490. The second kappa shape index (κ2) is 3.02. The highest BCUT2D eigenvalue weighted by Crippen LogP contribution is 2.20. The Morgan fingerprint density at radius 3 is 1.78 bits per heavy atom. The zero-order valence-corrected chi connectivity index (χ0v) is 9.25. The van der Waals surface area contributed by atoms with E-state index in [4.69, 9.17) is 0 Å². The first-order chi connectivity index (χ1) is 3.85. The Labute approximate surface area is 67.5 Å². The highest BCUT2D eigenvalue weighted by Gasteiger charge is 2.20. The molecule has 0 rings (SSSR count). The molecule has 0 fully saturated rings. The molecule has 0 saturated heterocycles. The van der Waals surface area contributed by atoms with Crippen LogP contribution in [0, 0.1) is 0 Å². The Morgan fingerprint density at radius 1 is 1.44 bits per heavy atom. The molecule has 0 aliphatic rings. The smallest absolute Gasteiger partial charge is 0.0731 e. The van der Waals surface area contributed by atoms with Crippen LogP contribution in [0.3, 0.4) is 0 Å². The average molecular weight is 207 g/mol. The Hall–Kier alpha value is 0.437. The van der Waals surface area contributed by atoms with Crippen LogP contribution in [0.1, 0.15) is 6.92 Å². The molecule has 0 aliphatic carbocycles. The monoisotopic (exact) mass is 206 g/mol. The summed E-state index contributed by atoms with van der Waals surface area (Å²) in [5, 5.41) is 1.39. The van der Waals surface area contributed by atoms with Gasteiger partial charge in [0.15, 0.2) is 0 Å². The molecule has 0 amide bonds. The van der Waals surface area contributed by atoms with Gasteiger partial charge in [0.1, 0.15) is 0 Å². The topological polar surface area (TPSA) is 0 Å². The van der Waals surface area contributed by atoms with Gasteiger partial charge >= 0.3 is 0 Å². The molecule has 54 valence electrons. The summed E-state index contributed by atoms with van der Waals surface area (Å²) in [7, 11) is -1.07. The third-order valence-electron chi connectivity index (χ3n) is 1.44. The molecule has 1 unspecified atom stereocenters. The molecule has 0 aromatic carbocycles. The summed E-state index contributed by atoms with van der Waals surface area (Å²) in [6.07, 6.45) is 0. The van der Waals surface area contributed by atoms with Crippen molar-refractivity contribution in [3.8, 4) is 0 Å². The molecule has 0 heterocycles. The van der Waals surface area contributed by atoms with Crippen LogP contribution < -0.4 is 0 Å². The SMILES string of the molecule is C=C(C(C)Br)[Si](C)(C)C. The van der Waals surface area contributed by atoms with Crippen molar-refractivity contribution in [3.63, 3.8) is 0 Å². The van der Waals surface area contributed by atoms with E-state index in [2.05, 4.69) is 49.1 Å². The molecule has 0 saturated carbocycles. The van der Waals surface area contributed by atoms with Crippen LogP contribution >= 0.6 is 15.9 Å². The molecular formula is C7H15BrSi. The molecule has 0 aromatic heterocycles. The van der Waals surface area contributed by atoms with Crippen LogP contribution in [-0.2, 0) is 0 Å². The van der Waals surface area contributed by atoms with Crippen LogP contribution in [0.5, 0.6) is 0 Å². The van der Waals surface area contributed by atoms with Gasteiger partial charge in [0.2, 0.25) is 0 Å². The third-order valence-corrected chi connectivity index (χ3v) is 4.78. The summed E-state index contributed by atoms with van der Waals surface area (Å²) < 4.78 is 0. The van der Waals surface area contributed by atoms with Gasteiger partial charge in [-0.15, -0.1) is 6.58 Å². The Bertz CT molecular complexity index is 111. The number of allylic oxidation sites excluding steroid dienone is 1. The van der Waals surface area contributed by atoms with E-state index < -0.39 is 8.07 Å². The fraction of sp³-hybridized carbons (Fsp3) is 0.714. The standard InChI is InChI=1S/C7H15BrSi/c1-6(8)7(2)9(3,4)5/h6H,2H2,1,3-5H3. The lowest BCUT2D eigenvalue weighted by molar-refractivity contribution is 1.22. The van der Waals surface area contributed by atoms with Crippen LogP contribution in [0.15, 0.2) is 11.8 Å². The van der Waals surface area contributed by atoms with Crippen molar-refractivity contribution < 1.29 is 0 Å². The van der Waals surface area contributed by atoms with Crippen molar-refractivity contribution in [2.45, 2.75) is 31.4 Å². The van der Waals surface area contributed by atoms with Crippen molar-refractivity contribution in [2.75, 3.05) is 0 Å². The minimum Gasteiger partial charge on any atom is -0.103 e. The van der Waals surface area contributed by atoms with Crippen molar-refractivity contribution in [3.05, 3.63) is 11.8 Å². The molecular weight excluding hydrogens is 192 g/mol. The summed E-state index contributed by atoms with van der Waals surface area (Å²) in [6.45, 7) is 13.1. The van der Waals surface area contributed by atoms with Gasteiger partial charge in [-0.05, 0) is 6.92 Å². The van der Waals surface area contributed by atoms with E-state index in [0.717, 1.165) is 0 Å². The van der Waals surface area contributed by atoms with E-state index in [1.165, 1.54) is 5.20 Å². The molecule has 2 heteroatoms. The summed E-state index contributed by atoms with van der Waals surface area (Å²) >= 11 is 3.51. The molecule has 0 aliphatic heterocycles. The van der Waals surface area contributed by atoms with Crippen molar-refractivity contribution in [2.24, 2.45) is 0 Å². The lowest BCUT2D eigenvalue weighted by Crippen LogP contribution is -2.27. The van der Waals surface area contributed by atoms with Crippen molar-refractivity contribution >= 4 is 24.0 Å². The molecule has 0 nitrogen and oxygen atoms in total. The number of hydrogen-bond acceptors (Lipinski definition) is 0. The van der Waals surface area contributed by atoms with Crippen LogP contribution in [0.25, 0.3) is 0 Å². The lowest BCUT2D eigenvalue weighted by Gasteiger charge is -2.21. The Balaban J connectivity index is 4.06. The first kappa shape index (κ1) is 9.44. The number of alkyl halides is 1. The molecule has 0 spiro atoms. The second-order valence-electron chi connectivity index (χ2n) is 3.39. The van der Waals surface area contributed by atoms with Crippen molar-refractivity contribution in [1.82, 2.24) is 0 Å². The largest absolute Gasteiger partial charge is 0.103 e. The number of hydrogen-bond donors (Lipinski definition) is 0. The summed E-state index contributed by atoms with van der Waals surface area (Å²) in [5.74, 6) is 0. The first-order valence-corrected chi connectivity index (χ1v) is 7.60. The van der Waals surface area contributed by atoms with Gasteiger partial charge in [-0.1, -0.05) is 40.8 Å². The maximum atomic E-state index is 4.04. The average Bonchev–Trinajstić information content (AvgIpc) is 1.62. The van der Waals surface area contributed by atoms with Gasteiger partial charge in [0.25, 0.3) is 0 Å². The molecule has 0 N–H and O–H groups in total. The maximum Gasteiger partial charge on any atom is 0.0731 e. The predicted molar refractivity (Wildman–Crippen MR) is 50.9 cm³/mol. The van der Waals surface area contributed by atoms with Gasteiger partial charge < -0.3 is 0 Å². The highest BCUT2D eigenvalue weighted by atomic mass is 79.9. The first-order valence-electron chi connectivity index (χ1n) is 3.19. The fourth-order valence-corrected chi connectivity index (χ4v) is 3.85. The molecule has 0 radical (unpaired) electrons. The molecule has 1 atom stereocenters. The van der Waals surface area contributed by atoms with Gasteiger partial charge in [0, 0.05) is 4.83 Å². The van der Waals surface area contributed by atoms with Gasteiger partial charge in [-0.25, -0.2) is 0 Å². The maximum absolute atomic E-state index is 4.04. The van der Waals surface area contributed by atoms with Crippen LogP contribution in [0.2, 0.25) is 19.6 Å². The zero-order valence-electron chi connectivity index (χ0n) is 6.66. The molecule has 0 bridgehead atoms. The zero-order chi connectivity index (χ0) is 7.65. The van der Waals surface area contributed by atoms with Gasteiger partial charge in [-0.2, -0.15) is 0 Å². The third kappa shape index (κ3) is 3.21. The van der Waals surface area contributed by atoms with E-state index in [0.29, 0.717) is 4.83 Å². The van der Waals surface area contributed by atoms with E-state index in [9.17, 15) is 0 Å². The van der Waals surface area contributed by atoms with Crippen LogP contribution in [-0.4, -0.2) is 12.9 Å². The van der Waals surface area contributed by atoms with Crippen LogP contribution in [0.4, 0.5) is 0 Å². The summed E-state index contributed by atoms with van der Waals surface area (Å²) in [4.78, 5) is 0.490. The number of rotatable bonds is 2. The molecule has 0 aromatic rings. The summed E-state index contributed by atoms with van der Waals surface area (Å²) in [6, 6.07) is 0. The van der Waals surface area contributed by atoms with E-state index >= 15 is 0 Å². The van der Waals surface area contributed by atoms with Crippen molar-refractivity contribution in [1.29, 1.82) is 0 Å². The van der Waals surface area contributed by atoms with E-state index in [-0.39, 0.29) is 0 Å². The normalized spacial score (nSPS) is 15.2. The fourth-order valence-electron chi connectivity index (χ4n) is 0.597. The van der Waals surface area contributed by atoms with Gasteiger partial charge in [0.05, 0.1) is 8.07 Å². The predicted octanol–water partition coefficient (Wildman–Crippen LogP) is 3.20. The van der Waals surface area contributed by atoms with E-state index in [1.54, 1.807) is 0 Å². The second-order valence-corrected chi connectivity index (χ2v) is 9.91. The number of halogens is 1. The minimum atomic E-state index is -1.07. The Kier molecular flexibility index (Phi) is 3.16. The quantitative estimate of drug-likeness (QED) is 0.481. The van der Waals surface area contributed by atoms with E-state index in [1.807, 2.05) is 0 Å². The molecule has 9 heavy (non-hydrogen) atoms. The summed E-state index contributed by atoms with van der Waals surface area (Å²) in [5.41, 5.74) is 0. The Morgan fingerprint density at radius 2 is 1.78 bits per heavy atom. The van der Waals surface area contributed by atoms with Gasteiger partial charge in [-0.3, -0.25) is 0 Å². The highest BCUT2D eigenvalue weighted by molar-refractivity contribution is 9.09.